The minimum atomic E-state index is -0.476. The molecule has 2 amide bonds. The van der Waals surface area contributed by atoms with E-state index >= 15 is 0 Å². The van der Waals surface area contributed by atoms with Crippen LogP contribution in [0.3, 0.4) is 0 Å². The first-order valence-corrected chi connectivity index (χ1v) is 6.99. The van der Waals surface area contributed by atoms with Crippen molar-refractivity contribution >= 4 is 23.3 Å². The van der Waals surface area contributed by atoms with Gasteiger partial charge in [0.05, 0.1) is 6.26 Å². The van der Waals surface area contributed by atoms with Gasteiger partial charge in [-0.1, -0.05) is 0 Å². The number of halogens is 1. The van der Waals surface area contributed by atoms with Gasteiger partial charge in [-0.2, -0.15) is 5.10 Å². The highest BCUT2D eigenvalue weighted by molar-refractivity contribution is 6.05. The number of furan rings is 1. The number of rotatable bonds is 4. The second-order valence-corrected chi connectivity index (χ2v) is 4.93. The zero-order valence-corrected chi connectivity index (χ0v) is 12.6. The molecule has 3 aromatic rings. The Morgan fingerprint density at radius 2 is 1.88 bits per heavy atom. The van der Waals surface area contributed by atoms with Gasteiger partial charge in [0.1, 0.15) is 11.6 Å². The number of nitrogens with zero attached hydrogens (tertiary/aromatic N) is 2. The van der Waals surface area contributed by atoms with Crippen molar-refractivity contribution in [1.82, 2.24) is 9.78 Å². The topological polar surface area (TPSA) is 89.2 Å². The van der Waals surface area contributed by atoms with Crippen LogP contribution in [0.2, 0.25) is 0 Å². The Hall–Kier alpha value is -3.42. The molecule has 2 N–H and O–H groups in total. The molecule has 0 saturated heterocycles. The van der Waals surface area contributed by atoms with Crippen molar-refractivity contribution in [3.63, 3.8) is 0 Å². The van der Waals surface area contributed by atoms with Gasteiger partial charge in [0.25, 0.3) is 11.8 Å². The fourth-order valence-corrected chi connectivity index (χ4v) is 2.01. The maximum atomic E-state index is 12.9. The van der Waals surface area contributed by atoms with E-state index < -0.39 is 17.6 Å². The third kappa shape index (κ3) is 3.32. The number of carbonyl (C=O) groups is 2. The molecular formula is C16H13FN4O3. The van der Waals surface area contributed by atoms with Crippen LogP contribution in [0, 0.1) is 5.82 Å². The molecule has 24 heavy (non-hydrogen) atoms. The summed E-state index contributed by atoms with van der Waals surface area (Å²) in [6.45, 7) is 0. The summed E-state index contributed by atoms with van der Waals surface area (Å²) in [6, 6.07) is 9.91. The summed E-state index contributed by atoms with van der Waals surface area (Å²) in [4.78, 5) is 24.1. The van der Waals surface area contributed by atoms with E-state index in [0.29, 0.717) is 11.5 Å². The fourth-order valence-electron chi connectivity index (χ4n) is 2.01. The number of carbonyl (C=O) groups excluding carboxylic acids is 2. The Labute approximate surface area is 136 Å². The highest BCUT2D eigenvalue weighted by Gasteiger charge is 2.16. The molecule has 0 aliphatic rings. The van der Waals surface area contributed by atoms with E-state index in [1.54, 1.807) is 13.1 Å². The number of anilines is 2. The van der Waals surface area contributed by atoms with E-state index in [2.05, 4.69) is 15.7 Å². The van der Waals surface area contributed by atoms with Gasteiger partial charge < -0.3 is 15.1 Å². The predicted octanol–water partition coefficient (Wildman–Crippen LogP) is 2.66. The van der Waals surface area contributed by atoms with Crippen molar-refractivity contribution in [3.05, 3.63) is 66.0 Å². The lowest BCUT2D eigenvalue weighted by Gasteiger charge is -2.02. The molecular weight excluding hydrogens is 315 g/mol. The first kappa shape index (κ1) is 15.5. The van der Waals surface area contributed by atoms with Crippen LogP contribution in [0.5, 0.6) is 0 Å². The number of nitrogens with one attached hydrogen (secondary N) is 2. The maximum Gasteiger partial charge on any atom is 0.292 e. The molecule has 0 fully saturated rings. The number of benzene rings is 1. The van der Waals surface area contributed by atoms with Gasteiger partial charge in [-0.05, 0) is 36.4 Å². The normalized spacial score (nSPS) is 10.4. The molecule has 0 unspecified atom stereocenters. The number of aryl methyl sites for hydroxylation is 1. The standard InChI is InChI=1S/C16H13FN4O3/c1-21-14(19-16(23)13-3-2-8-24-13)9-12(20-21)15(22)18-11-6-4-10(17)5-7-11/h2-9H,1H3,(H,18,22)(H,19,23). The van der Waals surface area contributed by atoms with Gasteiger partial charge in [-0.15, -0.1) is 0 Å². The van der Waals surface area contributed by atoms with Crippen molar-refractivity contribution in [1.29, 1.82) is 0 Å². The van der Waals surface area contributed by atoms with Crippen molar-refractivity contribution in [3.8, 4) is 0 Å². The average molecular weight is 328 g/mol. The van der Waals surface area contributed by atoms with Crippen molar-refractivity contribution in [2.75, 3.05) is 10.6 Å². The zero-order chi connectivity index (χ0) is 17.1. The van der Waals surface area contributed by atoms with Gasteiger partial charge in [0.2, 0.25) is 0 Å². The summed E-state index contributed by atoms with van der Waals surface area (Å²) < 4.78 is 19.2. The minimum Gasteiger partial charge on any atom is -0.459 e. The second-order valence-electron chi connectivity index (χ2n) is 4.93. The summed E-state index contributed by atoms with van der Waals surface area (Å²) in [5.74, 6) is -0.841. The van der Waals surface area contributed by atoms with Gasteiger partial charge in [-0.25, -0.2) is 4.39 Å². The number of amides is 2. The Morgan fingerprint density at radius 3 is 2.54 bits per heavy atom. The van der Waals surface area contributed by atoms with Crippen molar-refractivity contribution in [2.24, 2.45) is 7.05 Å². The highest BCUT2D eigenvalue weighted by Crippen LogP contribution is 2.14. The van der Waals surface area contributed by atoms with Gasteiger partial charge in [0.15, 0.2) is 11.5 Å². The molecule has 2 aromatic heterocycles. The van der Waals surface area contributed by atoms with Gasteiger partial charge in [0, 0.05) is 18.8 Å². The van der Waals surface area contributed by atoms with E-state index in [1.165, 1.54) is 47.3 Å². The van der Waals surface area contributed by atoms with E-state index in [9.17, 15) is 14.0 Å². The molecule has 1 aromatic carbocycles. The van der Waals surface area contributed by atoms with Crippen LogP contribution < -0.4 is 10.6 Å². The number of aromatic nitrogens is 2. The quantitative estimate of drug-likeness (QED) is 0.770. The lowest BCUT2D eigenvalue weighted by atomic mass is 10.3. The van der Waals surface area contributed by atoms with Gasteiger partial charge >= 0.3 is 0 Å². The molecule has 0 spiro atoms. The molecule has 8 heteroatoms. The second kappa shape index (κ2) is 6.37. The fraction of sp³-hybridized carbons (Fsp3) is 0.0625. The van der Waals surface area contributed by atoms with Crippen molar-refractivity contribution < 1.29 is 18.4 Å². The molecule has 0 atom stereocenters. The van der Waals surface area contributed by atoms with E-state index in [1.807, 2.05) is 0 Å². The third-order valence-corrected chi connectivity index (χ3v) is 3.20. The van der Waals surface area contributed by atoms with Crippen LogP contribution in [0.4, 0.5) is 15.9 Å². The van der Waals surface area contributed by atoms with Crippen LogP contribution in [-0.2, 0) is 7.05 Å². The van der Waals surface area contributed by atoms with Gasteiger partial charge in [-0.3, -0.25) is 14.3 Å². The Morgan fingerprint density at radius 1 is 1.12 bits per heavy atom. The average Bonchev–Trinajstić information content (AvgIpc) is 3.20. The van der Waals surface area contributed by atoms with E-state index in [4.69, 9.17) is 4.42 Å². The predicted molar refractivity (Wildman–Crippen MR) is 84.2 cm³/mol. The van der Waals surface area contributed by atoms with Crippen LogP contribution in [0.1, 0.15) is 21.0 Å². The molecule has 0 aliphatic heterocycles. The summed E-state index contributed by atoms with van der Waals surface area (Å²) in [7, 11) is 1.59. The van der Waals surface area contributed by atoms with Crippen LogP contribution in [0.15, 0.2) is 53.1 Å². The largest absolute Gasteiger partial charge is 0.459 e. The maximum absolute atomic E-state index is 12.9. The van der Waals surface area contributed by atoms with Crippen LogP contribution in [0.25, 0.3) is 0 Å². The molecule has 0 bridgehead atoms. The monoisotopic (exact) mass is 328 g/mol. The Balaban J connectivity index is 1.72. The Kier molecular flexibility index (Phi) is 4.11. The first-order valence-electron chi connectivity index (χ1n) is 6.99. The highest BCUT2D eigenvalue weighted by atomic mass is 19.1. The molecule has 0 aliphatic carbocycles. The smallest absolute Gasteiger partial charge is 0.292 e. The molecule has 3 rings (SSSR count). The third-order valence-electron chi connectivity index (χ3n) is 3.20. The van der Waals surface area contributed by atoms with Crippen LogP contribution in [-0.4, -0.2) is 21.6 Å². The number of hydrogen-bond donors (Lipinski definition) is 2. The SMILES string of the molecule is Cn1nc(C(=O)Nc2ccc(F)cc2)cc1NC(=O)c1ccco1. The Bertz CT molecular complexity index is 869. The lowest BCUT2D eigenvalue weighted by Crippen LogP contribution is -2.13. The lowest BCUT2D eigenvalue weighted by molar-refractivity contribution is 0.0993. The minimum absolute atomic E-state index is 0.108. The summed E-state index contributed by atoms with van der Waals surface area (Å²) in [5, 5.41) is 9.24. The van der Waals surface area contributed by atoms with E-state index in [0.717, 1.165) is 0 Å². The summed E-state index contributed by atoms with van der Waals surface area (Å²) in [6.07, 6.45) is 1.39. The van der Waals surface area contributed by atoms with Crippen LogP contribution >= 0.6 is 0 Å². The zero-order valence-electron chi connectivity index (χ0n) is 12.6. The van der Waals surface area contributed by atoms with E-state index in [-0.39, 0.29) is 11.5 Å². The molecule has 122 valence electrons. The summed E-state index contributed by atoms with van der Waals surface area (Å²) in [5.41, 5.74) is 0.546. The molecule has 7 nitrogen and oxygen atoms in total. The summed E-state index contributed by atoms with van der Waals surface area (Å²) >= 11 is 0. The molecule has 0 saturated carbocycles. The first-order chi connectivity index (χ1) is 11.5. The number of hydrogen-bond acceptors (Lipinski definition) is 4. The van der Waals surface area contributed by atoms with Crippen molar-refractivity contribution in [2.45, 2.75) is 0 Å². The molecule has 2 heterocycles. The molecule has 0 radical (unpaired) electrons.